The van der Waals surface area contributed by atoms with Gasteiger partial charge in [0.1, 0.15) is 4.90 Å². The van der Waals surface area contributed by atoms with Crippen LogP contribution in [0.5, 0.6) is 0 Å². The number of methoxy groups -OCH3 is 1. The smallest absolute Gasteiger partial charge is 0.246 e. The maximum Gasteiger partial charge on any atom is 0.246 e. The number of ether oxygens (including phenoxy) is 1. The van der Waals surface area contributed by atoms with Crippen molar-refractivity contribution in [2.45, 2.75) is 43.2 Å². The molecule has 0 aromatic carbocycles. The molecular formula is C13H22ClN3O3S. The molecule has 0 aliphatic carbocycles. The summed E-state index contributed by atoms with van der Waals surface area (Å²) in [6.07, 6.45) is 5.39. The summed E-state index contributed by atoms with van der Waals surface area (Å²) in [4.78, 5) is 0.234. The first-order valence-electron chi connectivity index (χ1n) is 7.05. The lowest BCUT2D eigenvalue weighted by molar-refractivity contribution is -0.0319. The third kappa shape index (κ3) is 3.77. The van der Waals surface area contributed by atoms with E-state index in [1.165, 1.54) is 10.5 Å². The van der Waals surface area contributed by atoms with E-state index in [0.717, 1.165) is 19.3 Å². The summed E-state index contributed by atoms with van der Waals surface area (Å²) in [5.74, 6) is 0.528. The van der Waals surface area contributed by atoms with Gasteiger partial charge in [-0.25, -0.2) is 8.42 Å². The second kappa shape index (κ2) is 6.64. The van der Waals surface area contributed by atoms with Crippen LogP contribution in [0.1, 0.15) is 26.2 Å². The normalized spacial score (nSPS) is 24.3. The van der Waals surface area contributed by atoms with Crippen LogP contribution in [0.15, 0.2) is 17.3 Å². The summed E-state index contributed by atoms with van der Waals surface area (Å²) in [7, 11) is -1.89. The van der Waals surface area contributed by atoms with Gasteiger partial charge in [-0.3, -0.25) is 4.68 Å². The number of halogens is 1. The van der Waals surface area contributed by atoms with E-state index in [2.05, 4.69) is 5.10 Å². The Morgan fingerprint density at radius 3 is 2.95 bits per heavy atom. The van der Waals surface area contributed by atoms with Crippen molar-refractivity contribution in [3.63, 3.8) is 0 Å². The van der Waals surface area contributed by atoms with Gasteiger partial charge in [-0.1, -0.05) is 0 Å². The molecule has 6 nitrogen and oxygen atoms in total. The van der Waals surface area contributed by atoms with Crippen molar-refractivity contribution in [3.8, 4) is 0 Å². The van der Waals surface area contributed by atoms with E-state index in [9.17, 15) is 8.42 Å². The van der Waals surface area contributed by atoms with Gasteiger partial charge in [0.15, 0.2) is 0 Å². The molecular weight excluding hydrogens is 314 g/mol. The van der Waals surface area contributed by atoms with Crippen molar-refractivity contribution < 1.29 is 13.2 Å². The molecule has 0 amide bonds. The van der Waals surface area contributed by atoms with Gasteiger partial charge < -0.3 is 4.74 Å². The van der Waals surface area contributed by atoms with Crippen LogP contribution in [0.2, 0.25) is 0 Å². The summed E-state index contributed by atoms with van der Waals surface area (Å²) in [6, 6.07) is 0. The van der Waals surface area contributed by atoms with E-state index in [0.29, 0.717) is 25.5 Å². The summed E-state index contributed by atoms with van der Waals surface area (Å²) in [5.41, 5.74) is -0.417. The Morgan fingerprint density at radius 1 is 1.52 bits per heavy atom. The topological polar surface area (TPSA) is 64.4 Å². The summed E-state index contributed by atoms with van der Waals surface area (Å²) in [6.45, 7) is 3.46. The molecule has 2 rings (SSSR count). The minimum absolute atomic E-state index is 0.234. The average Bonchev–Trinajstić information content (AvgIpc) is 2.95. The molecule has 1 fully saturated rings. The van der Waals surface area contributed by atoms with E-state index < -0.39 is 15.6 Å². The minimum Gasteiger partial charge on any atom is -0.377 e. The number of hydrogen-bond acceptors (Lipinski definition) is 4. The first kappa shape index (κ1) is 16.7. The maximum absolute atomic E-state index is 12.7. The van der Waals surface area contributed by atoms with Crippen molar-refractivity contribution in [1.29, 1.82) is 0 Å². The highest BCUT2D eigenvalue weighted by Crippen LogP contribution is 2.28. The van der Waals surface area contributed by atoms with Crippen molar-refractivity contribution in [3.05, 3.63) is 12.4 Å². The van der Waals surface area contributed by atoms with Crippen molar-refractivity contribution >= 4 is 21.6 Å². The van der Waals surface area contributed by atoms with Crippen LogP contribution in [-0.4, -0.2) is 54.2 Å². The van der Waals surface area contributed by atoms with Gasteiger partial charge in [-0.2, -0.15) is 9.40 Å². The molecule has 1 aliphatic rings. The summed E-state index contributed by atoms with van der Waals surface area (Å²) in [5, 5.41) is 4.09. The number of aryl methyl sites for hydroxylation is 1. The zero-order valence-corrected chi connectivity index (χ0v) is 14.0. The van der Waals surface area contributed by atoms with E-state index in [1.54, 1.807) is 18.0 Å². The largest absolute Gasteiger partial charge is 0.377 e. The Labute approximate surface area is 131 Å². The molecule has 0 radical (unpaired) electrons. The molecule has 1 aromatic rings. The van der Waals surface area contributed by atoms with Gasteiger partial charge in [-0.05, 0) is 26.2 Å². The number of piperidine rings is 1. The van der Waals surface area contributed by atoms with Crippen LogP contribution in [-0.2, 0) is 21.3 Å². The Kier molecular flexibility index (Phi) is 5.29. The van der Waals surface area contributed by atoms with Gasteiger partial charge in [-0.15, -0.1) is 11.6 Å². The van der Waals surface area contributed by atoms with Gasteiger partial charge in [0, 0.05) is 38.8 Å². The van der Waals surface area contributed by atoms with Crippen LogP contribution < -0.4 is 0 Å². The molecule has 1 aliphatic heterocycles. The summed E-state index contributed by atoms with van der Waals surface area (Å²) < 4.78 is 33.9. The van der Waals surface area contributed by atoms with Gasteiger partial charge in [0.05, 0.1) is 11.8 Å². The molecule has 120 valence electrons. The minimum atomic E-state index is -3.51. The molecule has 8 heteroatoms. The van der Waals surface area contributed by atoms with Gasteiger partial charge in [0.2, 0.25) is 10.0 Å². The number of aromatic nitrogens is 2. The lowest BCUT2D eigenvalue weighted by Crippen LogP contribution is -2.49. The fourth-order valence-corrected chi connectivity index (χ4v) is 4.17. The van der Waals surface area contributed by atoms with Gasteiger partial charge in [0.25, 0.3) is 0 Å². The maximum atomic E-state index is 12.7. The third-order valence-electron chi connectivity index (χ3n) is 3.88. The second-order valence-corrected chi connectivity index (χ2v) is 7.89. The lowest BCUT2D eigenvalue weighted by Gasteiger charge is -2.38. The molecule has 0 bridgehead atoms. The fourth-order valence-electron chi connectivity index (χ4n) is 2.50. The SMILES string of the molecule is COC1(C)CCCN(S(=O)(=O)c2cnn(CCCCl)c2)C1. The number of rotatable bonds is 6. The number of nitrogens with zero attached hydrogens (tertiary/aromatic N) is 3. The molecule has 0 N–H and O–H groups in total. The number of sulfonamides is 1. The highest BCUT2D eigenvalue weighted by molar-refractivity contribution is 7.89. The van der Waals surface area contributed by atoms with Crippen LogP contribution in [0, 0.1) is 0 Å². The zero-order valence-electron chi connectivity index (χ0n) is 12.5. The second-order valence-electron chi connectivity index (χ2n) is 5.58. The Morgan fingerprint density at radius 2 is 2.29 bits per heavy atom. The Balaban J connectivity index is 2.15. The van der Waals surface area contributed by atoms with E-state index in [-0.39, 0.29) is 4.90 Å². The Bertz CT molecular complexity index is 575. The van der Waals surface area contributed by atoms with Crippen LogP contribution in [0.3, 0.4) is 0 Å². The molecule has 0 saturated carbocycles. The zero-order chi connectivity index (χ0) is 15.5. The monoisotopic (exact) mass is 335 g/mol. The highest BCUT2D eigenvalue weighted by Gasteiger charge is 2.37. The van der Waals surface area contributed by atoms with Gasteiger partial charge >= 0.3 is 0 Å². The number of hydrogen-bond donors (Lipinski definition) is 0. The third-order valence-corrected chi connectivity index (χ3v) is 5.95. The molecule has 1 aromatic heterocycles. The van der Waals surface area contributed by atoms with Crippen molar-refractivity contribution in [1.82, 2.24) is 14.1 Å². The van der Waals surface area contributed by atoms with Crippen LogP contribution in [0.25, 0.3) is 0 Å². The van der Waals surface area contributed by atoms with Crippen LogP contribution in [0.4, 0.5) is 0 Å². The highest BCUT2D eigenvalue weighted by atomic mass is 35.5. The van der Waals surface area contributed by atoms with Crippen molar-refractivity contribution in [2.75, 3.05) is 26.1 Å². The molecule has 1 saturated heterocycles. The Hall–Kier alpha value is -0.630. The number of alkyl halides is 1. The van der Waals surface area contributed by atoms with E-state index in [4.69, 9.17) is 16.3 Å². The molecule has 21 heavy (non-hydrogen) atoms. The molecule has 0 spiro atoms. The van der Waals surface area contributed by atoms with E-state index in [1.807, 2.05) is 6.92 Å². The lowest BCUT2D eigenvalue weighted by atomic mass is 9.96. The fraction of sp³-hybridized carbons (Fsp3) is 0.769. The summed E-state index contributed by atoms with van der Waals surface area (Å²) >= 11 is 5.64. The quantitative estimate of drug-likeness (QED) is 0.742. The molecule has 1 atom stereocenters. The molecule has 1 unspecified atom stereocenters. The standard InChI is InChI=1S/C13H22ClN3O3S/c1-13(20-2)5-3-8-17(11-13)21(18,19)12-9-15-16(10-12)7-4-6-14/h9-10H,3-8,11H2,1-2H3. The first-order valence-corrected chi connectivity index (χ1v) is 9.02. The predicted octanol–water partition coefficient (Wildman–Crippen LogP) is 1.70. The van der Waals surface area contributed by atoms with Crippen LogP contribution >= 0.6 is 11.6 Å². The predicted molar refractivity (Wildman–Crippen MR) is 81.0 cm³/mol. The van der Waals surface area contributed by atoms with E-state index >= 15 is 0 Å². The first-order chi connectivity index (χ1) is 9.91. The average molecular weight is 336 g/mol. The van der Waals surface area contributed by atoms with Crippen molar-refractivity contribution in [2.24, 2.45) is 0 Å². The molecule has 2 heterocycles.